The van der Waals surface area contributed by atoms with Crippen LogP contribution in [0, 0.1) is 5.41 Å². The Hall–Kier alpha value is -2.34. The smallest absolute Gasteiger partial charge is 0.427 e. The molecule has 2 aromatic rings. The van der Waals surface area contributed by atoms with Crippen LogP contribution in [0.15, 0.2) is 29.3 Å². The molecule has 1 aliphatic carbocycles. The number of benzene rings is 1. The van der Waals surface area contributed by atoms with Gasteiger partial charge in [0.2, 0.25) is 0 Å². The normalized spacial score (nSPS) is 18.3. The monoisotopic (exact) mass is 503 g/mol. The second-order valence-electron chi connectivity index (χ2n) is 8.81. The lowest BCUT2D eigenvalue weighted by Gasteiger charge is -2.35. The maximum atomic E-state index is 13.3. The summed E-state index contributed by atoms with van der Waals surface area (Å²) in [5, 5.41) is 0.259. The number of aromatic nitrogens is 1. The Bertz CT molecular complexity index is 1150. The van der Waals surface area contributed by atoms with Crippen LogP contribution in [-0.2, 0) is 16.0 Å². The highest BCUT2D eigenvalue weighted by Gasteiger charge is 2.39. The maximum absolute atomic E-state index is 13.3. The quantitative estimate of drug-likeness (QED) is 0.598. The Labute approximate surface area is 194 Å². The van der Waals surface area contributed by atoms with E-state index in [1.165, 1.54) is 18.2 Å². The van der Waals surface area contributed by atoms with Crippen LogP contribution in [0.2, 0.25) is 0 Å². The molecule has 1 amide bonds. The van der Waals surface area contributed by atoms with E-state index in [1.54, 1.807) is 9.80 Å². The predicted octanol–water partition coefficient (Wildman–Crippen LogP) is 3.71. The third kappa shape index (κ3) is 5.43. The fourth-order valence-electron chi connectivity index (χ4n) is 3.46. The van der Waals surface area contributed by atoms with E-state index in [9.17, 15) is 26.4 Å². The first kappa shape index (κ1) is 23.8. The zero-order chi connectivity index (χ0) is 24.0. The molecule has 0 spiro atoms. The van der Waals surface area contributed by atoms with Crippen LogP contribution in [0.25, 0.3) is 0 Å². The van der Waals surface area contributed by atoms with Crippen molar-refractivity contribution in [2.75, 3.05) is 43.9 Å². The molecule has 0 radical (unpaired) electrons. The lowest BCUT2D eigenvalue weighted by Crippen LogP contribution is -2.48. The van der Waals surface area contributed by atoms with Gasteiger partial charge in [0, 0.05) is 37.8 Å². The number of ether oxygens (including phenoxy) is 1. The van der Waals surface area contributed by atoms with Crippen molar-refractivity contribution < 1.29 is 31.1 Å². The summed E-state index contributed by atoms with van der Waals surface area (Å²) in [4.78, 5) is 19.7. The average molecular weight is 504 g/mol. The van der Waals surface area contributed by atoms with Crippen LogP contribution >= 0.6 is 11.3 Å². The van der Waals surface area contributed by atoms with Crippen molar-refractivity contribution in [3.05, 3.63) is 34.8 Å². The first-order chi connectivity index (χ1) is 15.4. The fraction of sp³-hybridized carbons (Fsp3) is 0.524. The van der Waals surface area contributed by atoms with Gasteiger partial charge >= 0.3 is 6.18 Å². The van der Waals surface area contributed by atoms with Crippen molar-refractivity contribution in [2.45, 2.75) is 30.8 Å². The second-order valence-corrected chi connectivity index (χ2v) is 11.8. The standard InChI is InChI=1S/C21H24F3N3O4S2/c1-20(5-6-20)13-31-16-4-3-14(33(2,29)30)11-15(16)18(28)26-7-9-27(10-8-26)19-25-12-17(32-19)21(22,23)24/h3-4,11-12H,5-10,13H2,1-2H3. The summed E-state index contributed by atoms with van der Waals surface area (Å²) < 4.78 is 68.6. The molecule has 1 aliphatic heterocycles. The molecule has 4 rings (SSSR count). The van der Waals surface area contributed by atoms with E-state index in [-0.39, 0.29) is 40.0 Å². The Morgan fingerprint density at radius 3 is 2.42 bits per heavy atom. The number of alkyl halides is 3. The topological polar surface area (TPSA) is 79.8 Å². The number of nitrogens with zero attached hydrogens (tertiary/aromatic N) is 3. The molecule has 0 bridgehead atoms. The van der Waals surface area contributed by atoms with Crippen LogP contribution in [0.5, 0.6) is 5.75 Å². The number of hydrogen-bond donors (Lipinski definition) is 0. The number of carbonyl (C=O) groups excluding carboxylic acids is 1. The highest BCUT2D eigenvalue weighted by molar-refractivity contribution is 7.90. The minimum Gasteiger partial charge on any atom is -0.492 e. The van der Waals surface area contributed by atoms with Gasteiger partial charge in [0.1, 0.15) is 10.6 Å². The molecule has 1 saturated heterocycles. The lowest BCUT2D eigenvalue weighted by molar-refractivity contribution is -0.134. The summed E-state index contributed by atoms with van der Waals surface area (Å²) in [7, 11) is -3.53. The Balaban J connectivity index is 1.49. The summed E-state index contributed by atoms with van der Waals surface area (Å²) >= 11 is 0.574. The molecule has 7 nitrogen and oxygen atoms in total. The van der Waals surface area contributed by atoms with E-state index in [2.05, 4.69) is 11.9 Å². The Kier molecular flexibility index (Phi) is 6.10. The molecule has 2 fully saturated rings. The van der Waals surface area contributed by atoms with Gasteiger partial charge in [0.05, 0.1) is 23.3 Å². The third-order valence-corrected chi connectivity index (χ3v) is 8.11. The average Bonchev–Trinajstić information content (AvgIpc) is 3.27. The predicted molar refractivity (Wildman–Crippen MR) is 118 cm³/mol. The van der Waals surface area contributed by atoms with E-state index in [0.29, 0.717) is 36.8 Å². The molecule has 12 heteroatoms. The molecule has 0 N–H and O–H groups in total. The zero-order valence-electron chi connectivity index (χ0n) is 18.2. The van der Waals surface area contributed by atoms with E-state index in [4.69, 9.17) is 4.74 Å². The summed E-state index contributed by atoms with van der Waals surface area (Å²) in [6.45, 7) is 3.68. The number of amides is 1. The van der Waals surface area contributed by atoms with Crippen molar-refractivity contribution in [2.24, 2.45) is 5.41 Å². The van der Waals surface area contributed by atoms with E-state index in [0.717, 1.165) is 25.3 Å². The summed E-state index contributed by atoms with van der Waals surface area (Å²) in [5.41, 5.74) is 0.244. The second kappa shape index (κ2) is 8.46. The highest BCUT2D eigenvalue weighted by atomic mass is 32.2. The molecule has 180 valence electrons. The summed E-state index contributed by atoms with van der Waals surface area (Å²) in [5.74, 6) is -0.0380. The van der Waals surface area contributed by atoms with Gasteiger partial charge in [0.15, 0.2) is 15.0 Å². The van der Waals surface area contributed by atoms with Crippen molar-refractivity contribution in [3.63, 3.8) is 0 Å². The lowest BCUT2D eigenvalue weighted by atomic mass is 10.1. The van der Waals surface area contributed by atoms with Gasteiger partial charge in [-0.3, -0.25) is 4.79 Å². The molecule has 1 aromatic carbocycles. The Morgan fingerprint density at radius 1 is 1.21 bits per heavy atom. The number of thiazole rings is 1. The Morgan fingerprint density at radius 2 is 1.88 bits per heavy atom. The number of halogens is 3. The molecule has 2 aliphatic rings. The first-order valence-electron chi connectivity index (χ1n) is 10.4. The number of hydrogen-bond acceptors (Lipinski definition) is 7. The molecule has 0 atom stereocenters. The van der Waals surface area contributed by atoms with Crippen molar-refractivity contribution >= 4 is 32.2 Å². The number of carbonyl (C=O) groups is 1. The molecule has 0 unspecified atom stereocenters. The van der Waals surface area contributed by atoms with E-state index >= 15 is 0 Å². The van der Waals surface area contributed by atoms with Crippen molar-refractivity contribution in [1.29, 1.82) is 0 Å². The van der Waals surface area contributed by atoms with Gasteiger partial charge in [-0.05, 0) is 31.0 Å². The molecule has 2 heterocycles. The summed E-state index contributed by atoms with van der Waals surface area (Å²) in [6, 6.07) is 4.28. The molecule has 1 aromatic heterocycles. The minimum atomic E-state index is -4.44. The molecular formula is C21H24F3N3O4S2. The van der Waals surface area contributed by atoms with E-state index < -0.39 is 20.9 Å². The maximum Gasteiger partial charge on any atom is 0.427 e. The number of anilines is 1. The van der Waals surface area contributed by atoms with Crippen LogP contribution in [0.1, 0.15) is 35.0 Å². The van der Waals surface area contributed by atoms with Gasteiger partial charge in [-0.1, -0.05) is 18.3 Å². The van der Waals surface area contributed by atoms with Gasteiger partial charge in [-0.2, -0.15) is 13.2 Å². The largest absolute Gasteiger partial charge is 0.492 e. The molecule has 33 heavy (non-hydrogen) atoms. The van der Waals surface area contributed by atoms with Gasteiger partial charge < -0.3 is 14.5 Å². The number of piperazine rings is 1. The fourth-order valence-corrected chi connectivity index (χ4v) is 4.94. The molecular weight excluding hydrogens is 479 g/mol. The van der Waals surface area contributed by atoms with E-state index in [1.807, 2.05) is 0 Å². The van der Waals surface area contributed by atoms with Crippen LogP contribution in [0.3, 0.4) is 0 Å². The van der Waals surface area contributed by atoms with Crippen molar-refractivity contribution in [1.82, 2.24) is 9.88 Å². The first-order valence-corrected chi connectivity index (χ1v) is 13.1. The summed E-state index contributed by atoms with van der Waals surface area (Å²) in [6.07, 6.45) is -0.478. The molecule has 1 saturated carbocycles. The van der Waals surface area contributed by atoms with Crippen LogP contribution < -0.4 is 9.64 Å². The van der Waals surface area contributed by atoms with Crippen LogP contribution in [-0.4, -0.2) is 63.3 Å². The minimum absolute atomic E-state index is 0.0249. The number of sulfone groups is 1. The number of rotatable bonds is 6. The zero-order valence-corrected chi connectivity index (χ0v) is 19.8. The highest BCUT2D eigenvalue weighted by Crippen LogP contribution is 2.45. The van der Waals surface area contributed by atoms with Gasteiger partial charge in [0.25, 0.3) is 5.91 Å². The third-order valence-electron chi connectivity index (χ3n) is 5.90. The SMILES string of the molecule is CC1(COc2ccc(S(C)(=O)=O)cc2C(=O)N2CCN(c3ncc(C(F)(F)F)s3)CC2)CC1. The van der Waals surface area contributed by atoms with Gasteiger partial charge in [-0.15, -0.1) is 0 Å². The van der Waals surface area contributed by atoms with Crippen molar-refractivity contribution in [3.8, 4) is 5.75 Å². The van der Waals surface area contributed by atoms with Gasteiger partial charge in [-0.25, -0.2) is 13.4 Å². The van der Waals surface area contributed by atoms with Crippen LogP contribution in [0.4, 0.5) is 18.3 Å².